The molecular weight excluding hydrogens is 228 g/mol. The molecule has 1 aromatic carbocycles. The molecule has 2 aliphatic rings. The number of nitrogens with one attached hydrogen (secondary N) is 1. The fourth-order valence-corrected chi connectivity index (χ4v) is 2.87. The van der Waals surface area contributed by atoms with Gasteiger partial charge in [-0.2, -0.15) is 0 Å². The van der Waals surface area contributed by atoms with E-state index in [-0.39, 0.29) is 16.6 Å². The van der Waals surface area contributed by atoms with Crippen molar-refractivity contribution >= 4 is 17.4 Å². The number of phenols is 1. The van der Waals surface area contributed by atoms with E-state index in [0.717, 1.165) is 29.9 Å². The van der Waals surface area contributed by atoms with Gasteiger partial charge >= 0.3 is 0 Å². The van der Waals surface area contributed by atoms with Crippen molar-refractivity contribution in [3.63, 3.8) is 0 Å². The molecule has 84 valence electrons. The normalized spacial score (nSPS) is 21.1. The third kappa shape index (κ3) is 0.918. The first-order valence-corrected chi connectivity index (χ1v) is 5.56. The summed E-state index contributed by atoms with van der Waals surface area (Å²) >= 11 is 5.98. The van der Waals surface area contributed by atoms with Crippen molar-refractivity contribution in [2.45, 2.75) is 24.8 Å². The molecular formula is C11H11ClN2O2. The lowest BCUT2D eigenvalue weighted by Crippen LogP contribution is -2.46. The van der Waals surface area contributed by atoms with Crippen LogP contribution in [0, 0.1) is 5.41 Å². The molecule has 16 heavy (non-hydrogen) atoms. The zero-order valence-electron chi connectivity index (χ0n) is 8.50. The second kappa shape index (κ2) is 2.90. The number of aromatic hydroxyl groups is 1. The average Bonchev–Trinajstić information content (AvgIpc) is 2.43. The quantitative estimate of drug-likeness (QED) is 0.650. The molecule has 4 nitrogen and oxygen atoms in total. The van der Waals surface area contributed by atoms with Gasteiger partial charge < -0.3 is 5.11 Å². The largest absolute Gasteiger partial charge is 0.506 e. The van der Waals surface area contributed by atoms with Gasteiger partial charge in [0.25, 0.3) is 0 Å². The average molecular weight is 239 g/mol. The topological polar surface area (TPSA) is 67.5 Å². The van der Waals surface area contributed by atoms with E-state index in [1.165, 1.54) is 6.07 Å². The van der Waals surface area contributed by atoms with E-state index in [2.05, 4.69) is 0 Å². The third-order valence-corrected chi connectivity index (χ3v) is 4.04. The molecule has 3 rings (SSSR count). The molecule has 1 saturated carbocycles. The molecule has 1 aliphatic carbocycles. The van der Waals surface area contributed by atoms with Crippen LogP contribution in [0.2, 0.25) is 5.02 Å². The SMILES string of the molecule is N=C1c2c(ccc(O)c2Cl)C2(CCC2)N1O. The van der Waals surface area contributed by atoms with E-state index < -0.39 is 5.54 Å². The van der Waals surface area contributed by atoms with E-state index in [1.54, 1.807) is 6.07 Å². The van der Waals surface area contributed by atoms with Crippen LogP contribution in [0.15, 0.2) is 12.1 Å². The number of fused-ring (bicyclic) bond motifs is 2. The van der Waals surface area contributed by atoms with Gasteiger partial charge in [0, 0.05) is 5.56 Å². The lowest BCUT2D eigenvalue weighted by molar-refractivity contribution is -0.138. The molecule has 0 radical (unpaired) electrons. The lowest BCUT2D eigenvalue weighted by atomic mass is 9.72. The first-order chi connectivity index (χ1) is 7.58. The number of hydrogen-bond acceptors (Lipinski definition) is 3. The first-order valence-electron chi connectivity index (χ1n) is 5.18. The molecule has 0 amide bonds. The highest BCUT2D eigenvalue weighted by Crippen LogP contribution is 2.53. The van der Waals surface area contributed by atoms with Crippen molar-refractivity contribution in [2.24, 2.45) is 0 Å². The van der Waals surface area contributed by atoms with Gasteiger partial charge in [-0.1, -0.05) is 17.7 Å². The van der Waals surface area contributed by atoms with Crippen LogP contribution in [0.3, 0.4) is 0 Å². The van der Waals surface area contributed by atoms with Crippen molar-refractivity contribution in [2.75, 3.05) is 0 Å². The fraction of sp³-hybridized carbons (Fsp3) is 0.364. The summed E-state index contributed by atoms with van der Waals surface area (Å²) in [5.41, 5.74) is 0.849. The summed E-state index contributed by atoms with van der Waals surface area (Å²) in [5, 5.41) is 28.5. The summed E-state index contributed by atoms with van der Waals surface area (Å²) in [4.78, 5) is 0. The second-order valence-corrected chi connectivity index (χ2v) is 4.74. The summed E-state index contributed by atoms with van der Waals surface area (Å²) in [5.74, 6) is -0.0643. The highest BCUT2D eigenvalue weighted by molar-refractivity contribution is 6.36. The Morgan fingerprint density at radius 2 is 2.06 bits per heavy atom. The Hall–Kier alpha value is -1.26. The Kier molecular flexibility index (Phi) is 1.80. The predicted molar refractivity (Wildman–Crippen MR) is 59.1 cm³/mol. The van der Waals surface area contributed by atoms with Crippen LogP contribution >= 0.6 is 11.6 Å². The van der Waals surface area contributed by atoms with E-state index in [0.29, 0.717) is 5.56 Å². The lowest BCUT2D eigenvalue weighted by Gasteiger charge is -2.43. The van der Waals surface area contributed by atoms with Crippen LogP contribution in [0.4, 0.5) is 0 Å². The minimum Gasteiger partial charge on any atom is -0.506 e. The maximum absolute atomic E-state index is 9.97. The number of hydroxylamine groups is 2. The number of rotatable bonds is 0. The third-order valence-electron chi connectivity index (χ3n) is 3.66. The Labute approximate surface area is 97.5 Å². The summed E-state index contributed by atoms with van der Waals surface area (Å²) in [6, 6.07) is 3.27. The molecule has 1 fully saturated rings. The molecule has 0 aromatic heterocycles. The van der Waals surface area contributed by atoms with E-state index in [4.69, 9.17) is 17.0 Å². The molecule has 1 spiro atoms. The monoisotopic (exact) mass is 238 g/mol. The molecule has 1 aromatic rings. The van der Waals surface area contributed by atoms with Crippen LogP contribution in [0.5, 0.6) is 5.75 Å². The molecule has 5 heteroatoms. The van der Waals surface area contributed by atoms with Crippen molar-refractivity contribution in [1.29, 1.82) is 5.41 Å². The highest BCUT2D eigenvalue weighted by Gasteiger charge is 2.52. The molecule has 1 aliphatic heterocycles. The fourth-order valence-electron chi connectivity index (χ4n) is 2.61. The van der Waals surface area contributed by atoms with Gasteiger partial charge in [0.15, 0.2) is 5.84 Å². The summed E-state index contributed by atoms with van der Waals surface area (Å²) < 4.78 is 0. The predicted octanol–water partition coefficient (Wildman–Crippen LogP) is 2.45. The molecule has 0 unspecified atom stereocenters. The summed E-state index contributed by atoms with van der Waals surface area (Å²) in [6.07, 6.45) is 2.67. The number of nitrogens with zero attached hydrogens (tertiary/aromatic N) is 1. The number of benzene rings is 1. The van der Waals surface area contributed by atoms with Crippen LogP contribution in [0.25, 0.3) is 0 Å². The van der Waals surface area contributed by atoms with Gasteiger partial charge in [0.2, 0.25) is 0 Å². The van der Waals surface area contributed by atoms with E-state index in [9.17, 15) is 10.3 Å². The standard InChI is InChI=1S/C11H11ClN2O2/c12-9-7(15)3-2-6-8(9)10(13)14(16)11(6)4-1-5-11/h2-3,13,15-16H,1,4-5H2. The van der Waals surface area contributed by atoms with E-state index >= 15 is 0 Å². The van der Waals surface area contributed by atoms with Gasteiger partial charge in [-0.05, 0) is 30.9 Å². The van der Waals surface area contributed by atoms with Gasteiger partial charge in [-0.3, -0.25) is 10.6 Å². The Morgan fingerprint density at radius 1 is 1.38 bits per heavy atom. The van der Waals surface area contributed by atoms with Crippen LogP contribution < -0.4 is 0 Å². The van der Waals surface area contributed by atoms with Crippen LogP contribution in [0.1, 0.15) is 30.4 Å². The zero-order chi connectivity index (χ0) is 11.5. The van der Waals surface area contributed by atoms with Gasteiger partial charge in [0.1, 0.15) is 5.75 Å². The number of hydrogen-bond donors (Lipinski definition) is 3. The number of amidine groups is 1. The van der Waals surface area contributed by atoms with Crippen molar-refractivity contribution in [3.8, 4) is 5.75 Å². The first kappa shape index (κ1) is 9.93. The Bertz CT molecular complexity index is 497. The van der Waals surface area contributed by atoms with Crippen LogP contribution in [-0.4, -0.2) is 21.2 Å². The van der Waals surface area contributed by atoms with Crippen molar-refractivity contribution in [3.05, 3.63) is 28.3 Å². The molecule has 0 atom stereocenters. The minimum absolute atomic E-state index is 0.0180. The highest BCUT2D eigenvalue weighted by atomic mass is 35.5. The van der Waals surface area contributed by atoms with Crippen molar-refractivity contribution in [1.82, 2.24) is 5.06 Å². The smallest absolute Gasteiger partial charge is 0.155 e. The number of halogens is 1. The molecule has 1 heterocycles. The Balaban J connectivity index is 2.28. The molecule has 0 bridgehead atoms. The maximum Gasteiger partial charge on any atom is 0.155 e. The van der Waals surface area contributed by atoms with Gasteiger partial charge in [-0.25, -0.2) is 5.06 Å². The van der Waals surface area contributed by atoms with Gasteiger partial charge in [0.05, 0.1) is 10.6 Å². The molecule has 3 N–H and O–H groups in total. The Morgan fingerprint density at radius 3 is 2.62 bits per heavy atom. The van der Waals surface area contributed by atoms with E-state index in [1.807, 2.05) is 0 Å². The number of phenolic OH excluding ortho intramolecular Hbond substituents is 1. The summed E-state index contributed by atoms with van der Waals surface area (Å²) in [6.45, 7) is 0. The summed E-state index contributed by atoms with van der Waals surface area (Å²) in [7, 11) is 0. The zero-order valence-corrected chi connectivity index (χ0v) is 9.25. The van der Waals surface area contributed by atoms with Crippen molar-refractivity contribution < 1.29 is 10.3 Å². The van der Waals surface area contributed by atoms with Gasteiger partial charge in [-0.15, -0.1) is 0 Å². The maximum atomic E-state index is 9.97. The van der Waals surface area contributed by atoms with Crippen LogP contribution in [-0.2, 0) is 5.54 Å². The molecule has 0 saturated heterocycles. The minimum atomic E-state index is -0.468. The second-order valence-electron chi connectivity index (χ2n) is 4.37.